The molecule has 1 fully saturated rings. The molecule has 0 saturated carbocycles. The number of carbonyl (C=O) groups excluding carboxylic acids is 1. The van der Waals surface area contributed by atoms with Gasteiger partial charge in [-0.25, -0.2) is 0 Å². The highest BCUT2D eigenvalue weighted by Crippen LogP contribution is 2.10. The molecule has 1 aliphatic heterocycles. The smallest absolute Gasteiger partial charge is 0.293 e. The van der Waals surface area contributed by atoms with E-state index in [1.807, 2.05) is 20.8 Å². The Balaban J connectivity index is 0.000000293. The minimum Gasteiger partial charge on any atom is -0.462 e. The Morgan fingerprint density at radius 2 is 2.12 bits per heavy atom. The maximum absolute atomic E-state index is 9.60. The maximum Gasteiger partial charge on any atom is 0.293 e. The van der Waals surface area contributed by atoms with Crippen LogP contribution in [0.25, 0.3) is 0 Å². The number of hydrogen-bond donors (Lipinski definition) is 3. The first-order chi connectivity index (χ1) is 7.40. The lowest BCUT2D eigenvalue weighted by atomic mass is 9.96. The average Bonchev–Trinajstić information content (AvgIpc) is 2.17. The first-order valence-electron chi connectivity index (χ1n) is 5.52. The van der Waals surface area contributed by atoms with Crippen molar-refractivity contribution in [3.05, 3.63) is 0 Å². The van der Waals surface area contributed by atoms with E-state index >= 15 is 0 Å². The van der Waals surface area contributed by atoms with E-state index in [1.165, 1.54) is 0 Å². The van der Waals surface area contributed by atoms with Gasteiger partial charge in [-0.1, -0.05) is 0 Å². The fourth-order valence-corrected chi connectivity index (χ4v) is 1.25. The van der Waals surface area contributed by atoms with E-state index in [4.69, 9.17) is 10.2 Å². The molecule has 0 aliphatic carbocycles. The largest absolute Gasteiger partial charge is 0.462 e. The average molecular weight is 233 g/mol. The van der Waals surface area contributed by atoms with Crippen molar-refractivity contribution in [1.82, 2.24) is 5.32 Å². The van der Waals surface area contributed by atoms with Crippen LogP contribution in [0.3, 0.4) is 0 Å². The van der Waals surface area contributed by atoms with Gasteiger partial charge in [0.25, 0.3) is 6.47 Å². The van der Waals surface area contributed by atoms with Crippen molar-refractivity contribution in [3.63, 3.8) is 0 Å². The van der Waals surface area contributed by atoms with E-state index < -0.39 is 0 Å². The van der Waals surface area contributed by atoms with Crippen LogP contribution in [0.1, 0.15) is 27.2 Å². The number of ether oxygens (including phenoxy) is 1. The van der Waals surface area contributed by atoms with E-state index in [9.17, 15) is 4.79 Å². The van der Waals surface area contributed by atoms with Crippen LogP contribution < -0.4 is 5.32 Å². The van der Waals surface area contributed by atoms with Gasteiger partial charge in [0.05, 0.1) is 6.10 Å². The predicted molar refractivity (Wildman–Crippen MR) is 61.0 cm³/mol. The van der Waals surface area contributed by atoms with Gasteiger partial charge in [-0.05, 0) is 33.7 Å². The van der Waals surface area contributed by atoms with Crippen molar-refractivity contribution >= 4 is 6.47 Å². The molecule has 2 atom stereocenters. The Morgan fingerprint density at radius 1 is 1.50 bits per heavy atom. The van der Waals surface area contributed by atoms with E-state index in [0.717, 1.165) is 13.0 Å². The number of rotatable bonds is 2. The van der Waals surface area contributed by atoms with Crippen molar-refractivity contribution in [1.29, 1.82) is 0 Å². The molecular weight excluding hydrogens is 210 g/mol. The molecule has 3 N–H and O–H groups in total. The van der Waals surface area contributed by atoms with Gasteiger partial charge in [-0.2, -0.15) is 0 Å². The van der Waals surface area contributed by atoms with Crippen LogP contribution >= 0.6 is 0 Å². The molecule has 1 aliphatic rings. The van der Waals surface area contributed by atoms with Gasteiger partial charge in [0.2, 0.25) is 0 Å². The van der Waals surface area contributed by atoms with Crippen molar-refractivity contribution in [2.45, 2.75) is 38.9 Å². The number of aliphatic hydroxyl groups is 2. The molecule has 5 nitrogen and oxygen atoms in total. The quantitative estimate of drug-likeness (QED) is 0.581. The van der Waals surface area contributed by atoms with Gasteiger partial charge in [0.1, 0.15) is 5.60 Å². The summed E-state index contributed by atoms with van der Waals surface area (Å²) in [5.74, 6) is 0.103. The first-order valence-corrected chi connectivity index (χ1v) is 5.52. The second-order valence-electron chi connectivity index (χ2n) is 4.83. The fraction of sp³-hybridized carbons (Fsp3) is 0.909. The van der Waals surface area contributed by atoms with Gasteiger partial charge in [0, 0.05) is 19.1 Å². The van der Waals surface area contributed by atoms with E-state index in [0.29, 0.717) is 13.0 Å². The molecule has 1 saturated heterocycles. The number of β-amino-alcohol motifs (C(OH)–C–C–N with tert-alkyl or cyclic N) is 1. The van der Waals surface area contributed by atoms with Crippen LogP contribution in [0, 0.1) is 5.92 Å². The van der Waals surface area contributed by atoms with Gasteiger partial charge < -0.3 is 20.3 Å². The van der Waals surface area contributed by atoms with E-state index in [1.54, 1.807) is 0 Å². The molecule has 1 heterocycles. The Kier molecular flexibility index (Phi) is 7.29. The number of carbonyl (C=O) groups is 1. The zero-order chi connectivity index (χ0) is 12.6. The third kappa shape index (κ3) is 7.62. The molecular formula is C11H23NO4. The number of hydrogen-bond acceptors (Lipinski definition) is 5. The molecule has 0 spiro atoms. The van der Waals surface area contributed by atoms with Crippen LogP contribution in [0.15, 0.2) is 0 Å². The van der Waals surface area contributed by atoms with Gasteiger partial charge in [-0.3, -0.25) is 4.79 Å². The summed E-state index contributed by atoms with van der Waals surface area (Å²) in [6.45, 7) is 7.58. The van der Waals surface area contributed by atoms with Crippen LogP contribution in [0.5, 0.6) is 0 Å². The monoisotopic (exact) mass is 233 g/mol. The summed E-state index contributed by atoms with van der Waals surface area (Å²) in [5, 5.41) is 20.9. The predicted octanol–water partition coefficient (Wildman–Crippen LogP) is -0.0930. The van der Waals surface area contributed by atoms with Crippen molar-refractivity contribution < 1.29 is 19.7 Å². The number of aliphatic hydroxyl groups excluding tert-OH is 2. The SMILES string of the molecule is CC(C)(C)OC=O.OCC1CCNCC1O. The molecule has 0 aromatic heterocycles. The summed E-state index contributed by atoms with van der Waals surface area (Å²) in [4.78, 5) is 9.60. The van der Waals surface area contributed by atoms with Crippen LogP contribution in [-0.4, -0.2) is 48.1 Å². The molecule has 0 aromatic rings. The van der Waals surface area contributed by atoms with Gasteiger partial charge in [-0.15, -0.1) is 0 Å². The number of nitrogens with one attached hydrogen (secondary N) is 1. The van der Waals surface area contributed by atoms with Crippen molar-refractivity contribution in [2.24, 2.45) is 5.92 Å². The topological polar surface area (TPSA) is 78.8 Å². The molecule has 0 amide bonds. The lowest BCUT2D eigenvalue weighted by Crippen LogP contribution is -2.41. The summed E-state index contributed by atoms with van der Waals surface area (Å²) >= 11 is 0. The Bertz CT molecular complexity index is 191. The van der Waals surface area contributed by atoms with Crippen molar-refractivity contribution in [2.75, 3.05) is 19.7 Å². The van der Waals surface area contributed by atoms with Gasteiger partial charge in [0.15, 0.2) is 0 Å². The third-order valence-electron chi connectivity index (χ3n) is 2.23. The summed E-state index contributed by atoms with van der Waals surface area (Å²) in [7, 11) is 0. The third-order valence-corrected chi connectivity index (χ3v) is 2.23. The number of piperidine rings is 1. The Morgan fingerprint density at radius 3 is 2.38 bits per heavy atom. The fourth-order valence-electron chi connectivity index (χ4n) is 1.25. The molecule has 5 heteroatoms. The normalized spacial score (nSPS) is 25.3. The highest BCUT2D eigenvalue weighted by atomic mass is 16.5. The standard InChI is InChI=1S/C6H13NO2.C5H10O2/c8-4-5-1-2-7-3-6(5)9;1-5(2,3)7-4-6/h5-9H,1-4H2;4H,1-3H3. The van der Waals surface area contributed by atoms with Crippen molar-refractivity contribution in [3.8, 4) is 0 Å². The minimum atomic E-state index is -0.344. The Labute approximate surface area is 96.8 Å². The molecule has 16 heavy (non-hydrogen) atoms. The highest BCUT2D eigenvalue weighted by molar-refractivity contribution is 5.37. The molecule has 0 radical (unpaired) electrons. The van der Waals surface area contributed by atoms with E-state index in [-0.39, 0.29) is 24.2 Å². The summed E-state index contributed by atoms with van der Waals surface area (Å²) in [6, 6.07) is 0. The second kappa shape index (κ2) is 7.60. The summed E-state index contributed by atoms with van der Waals surface area (Å²) in [5.41, 5.74) is -0.318. The zero-order valence-electron chi connectivity index (χ0n) is 10.3. The molecule has 96 valence electrons. The zero-order valence-corrected chi connectivity index (χ0v) is 10.3. The van der Waals surface area contributed by atoms with Crippen LogP contribution in [0.2, 0.25) is 0 Å². The van der Waals surface area contributed by atoms with E-state index in [2.05, 4.69) is 10.1 Å². The van der Waals surface area contributed by atoms with Crippen LogP contribution in [-0.2, 0) is 9.53 Å². The first kappa shape index (κ1) is 15.3. The van der Waals surface area contributed by atoms with Crippen LogP contribution in [0.4, 0.5) is 0 Å². The summed E-state index contributed by atoms with van der Waals surface area (Å²) in [6.07, 6.45) is 0.543. The lowest BCUT2D eigenvalue weighted by molar-refractivity contribution is -0.138. The van der Waals surface area contributed by atoms with Gasteiger partial charge >= 0.3 is 0 Å². The highest BCUT2D eigenvalue weighted by Gasteiger charge is 2.21. The molecule has 0 aromatic carbocycles. The lowest BCUT2D eigenvalue weighted by Gasteiger charge is -2.26. The molecule has 2 unspecified atom stereocenters. The second-order valence-corrected chi connectivity index (χ2v) is 4.83. The summed E-state index contributed by atoms with van der Waals surface area (Å²) < 4.78 is 4.55. The molecule has 0 bridgehead atoms. The maximum atomic E-state index is 9.60. The molecule has 1 rings (SSSR count). The Hall–Kier alpha value is -0.650. The minimum absolute atomic E-state index is 0.103.